The molecular weight excluding hydrogens is 272 g/mol. The van der Waals surface area contributed by atoms with E-state index in [1.807, 2.05) is 19.0 Å². The van der Waals surface area contributed by atoms with Gasteiger partial charge >= 0.3 is 0 Å². The molecule has 2 amide bonds. The van der Waals surface area contributed by atoms with Crippen LogP contribution in [0, 0.1) is 0 Å². The number of nitrogens with zero attached hydrogens (tertiary/aromatic N) is 3. The zero-order chi connectivity index (χ0) is 15.6. The minimum absolute atomic E-state index is 0.175. The lowest BCUT2D eigenvalue weighted by atomic mass is 10.1. The molecule has 0 bridgehead atoms. The number of piperazine rings is 1. The Balaban J connectivity index is 2.28. The molecule has 1 heterocycles. The Hall–Kier alpha value is -2.28. The van der Waals surface area contributed by atoms with Crippen molar-refractivity contribution in [2.75, 3.05) is 39.5 Å². The number of nitrogen functional groups attached to an aromatic ring is 1. The number of carbonyl (C=O) groups excluding carboxylic acids is 2. The van der Waals surface area contributed by atoms with Gasteiger partial charge in [0.1, 0.15) is 6.17 Å². The number of carbonyl (C=O) groups is 2. The van der Waals surface area contributed by atoms with Gasteiger partial charge in [-0.05, 0) is 26.2 Å². The van der Waals surface area contributed by atoms with Crippen LogP contribution in [0.15, 0.2) is 18.2 Å². The van der Waals surface area contributed by atoms with Gasteiger partial charge in [-0.15, -0.1) is 0 Å². The van der Waals surface area contributed by atoms with Crippen molar-refractivity contribution in [3.63, 3.8) is 0 Å². The normalized spacial score (nSPS) is 18.9. The van der Waals surface area contributed by atoms with Gasteiger partial charge in [0.05, 0.1) is 17.8 Å². The molecule has 1 aromatic carbocycles. The van der Waals surface area contributed by atoms with E-state index in [1.165, 1.54) is 0 Å². The van der Waals surface area contributed by atoms with E-state index in [2.05, 4.69) is 0 Å². The number of amides is 2. The van der Waals surface area contributed by atoms with Crippen molar-refractivity contribution in [1.29, 1.82) is 0 Å². The van der Waals surface area contributed by atoms with E-state index in [4.69, 9.17) is 5.73 Å². The lowest BCUT2D eigenvalue weighted by Gasteiger charge is -2.43. The lowest BCUT2D eigenvalue weighted by Crippen LogP contribution is -2.59. The summed E-state index contributed by atoms with van der Waals surface area (Å²) in [6.45, 7) is 1.32. The number of hydrogen-bond acceptors (Lipinski definition) is 5. The highest BCUT2D eigenvalue weighted by molar-refractivity contribution is 5.98. The number of nitrogens with two attached hydrogens (primary N) is 1. The molecule has 1 atom stereocenters. The van der Waals surface area contributed by atoms with E-state index in [-0.39, 0.29) is 29.1 Å². The Morgan fingerprint density at radius 3 is 2.76 bits per heavy atom. The average Bonchev–Trinajstić information content (AvgIpc) is 2.48. The molecule has 1 saturated heterocycles. The maximum Gasteiger partial charge on any atom is 0.259 e. The van der Waals surface area contributed by atoms with Crippen molar-refractivity contribution >= 4 is 18.0 Å². The Morgan fingerprint density at radius 2 is 2.14 bits per heavy atom. The van der Waals surface area contributed by atoms with Gasteiger partial charge in [0.2, 0.25) is 6.41 Å². The van der Waals surface area contributed by atoms with Gasteiger partial charge in [-0.2, -0.15) is 0 Å². The maximum atomic E-state index is 12.7. The van der Waals surface area contributed by atoms with Gasteiger partial charge in [-0.25, -0.2) is 0 Å². The first kappa shape index (κ1) is 15.1. The third kappa shape index (κ3) is 2.92. The van der Waals surface area contributed by atoms with Crippen molar-refractivity contribution in [3.05, 3.63) is 23.8 Å². The lowest BCUT2D eigenvalue weighted by molar-refractivity contribution is -0.122. The fourth-order valence-corrected chi connectivity index (χ4v) is 2.45. The second kappa shape index (κ2) is 6.01. The van der Waals surface area contributed by atoms with Crippen LogP contribution in [0.25, 0.3) is 0 Å². The molecule has 114 valence electrons. The summed E-state index contributed by atoms with van der Waals surface area (Å²) in [5.74, 6) is -0.484. The first-order valence-electron chi connectivity index (χ1n) is 6.70. The first-order valence-corrected chi connectivity index (χ1v) is 6.70. The number of para-hydroxylation sites is 1. The van der Waals surface area contributed by atoms with Gasteiger partial charge in [0, 0.05) is 13.1 Å². The molecule has 0 aromatic heterocycles. The molecule has 1 aromatic rings. The van der Waals surface area contributed by atoms with Crippen LogP contribution in [0.5, 0.6) is 5.75 Å². The van der Waals surface area contributed by atoms with Crippen LogP contribution in [0.1, 0.15) is 10.4 Å². The van der Waals surface area contributed by atoms with Crippen molar-refractivity contribution < 1.29 is 14.7 Å². The second-order valence-corrected chi connectivity index (χ2v) is 5.29. The second-order valence-electron chi connectivity index (χ2n) is 5.29. The van der Waals surface area contributed by atoms with Gasteiger partial charge in [-0.3, -0.25) is 14.5 Å². The summed E-state index contributed by atoms with van der Waals surface area (Å²) in [7, 11) is 3.69. The van der Waals surface area contributed by atoms with Crippen molar-refractivity contribution in [2.24, 2.45) is 0 Å². The summed E-state index contributed by atoms with van der Waals surface area (Å²) in [6.07, 6.45) is 0.549. The molecule has 1 aliphatic rings. The maximum absolute atomic E-state index is 12.7. The molecule has 1 aliphatic heterocycles. The van der Waals surface area contributed by atoms with Gasteiger partial charge in [0.25, 0.3) is 5.91 Å². The number of anilines is 1. The Labute approximate surface area is 123 Å². The smallest absolute Gasteiger partial charge is 0.259 e. The molecule has 7 nitrogen and oxygen atoms in total. The van der Waals surface area contributed by atoms with Crippen LogP contribution < -0.4 is 5.73 Å². The molecule has 3 N–H and O–H groups in total. The van der Waals surface area contributed by atoms with Gasteiger partial charge in [0.15, 0.2) is 5.75 Å². The quantitative estimate of drug-likeness (QED) is 0.456. The highest BCUT2D eigenvalue weighted by atomic mass is 16.3. The number of benzene rings is 1. The summed E-state index contributed by atoms with van der Waals surface area (Å²) in [5, 5.41) is 9.97. The molecule has 2 rings (SSSR count). The van der Waals surface area contributed by atoms with E-state index >= 15 is 0 Å². The summed E-state index contributed by atoms with van der Waals surface area (Å²) in [4.78, 5) is 28.7. The molecular formula is C14H20N4O3. The van der Waals surface area contributed by atoms with Gasteiger partial charge in [-0.1, -0.05) is 6.07 Å². The van der Waals surface area contributed by atoms with E-state index < -0.39 is 0 Å². The monoisotopic (exact) mass is 292 g/mol. The fraction of sp³-hybridized carbons (Fsp3) is 0.429. The highest BCUT2D eigenvalue weighted by Crippen LogP contribution is 2.27. The minimum atomic E-state index is -0.288. The number of phenolic OH excluding ortho intramolecular Hbond substituents is 1. The molecule has 0 spiro atoms. The third-order valence-corrected chi connectivity index (χ3v) is 3.69. The predicted molar refractivity (Wildman–Crippen MR) is 78.7 cm³/mol. The standard InChI is InChI=1S/C14H20N4O3/c1-16(2)12-8-17(9-19)6-7-18(12)14(21)10-4-3-5-11(15)13(10)20/h3-5,9,12,20H,6-8,15H2,1-2H3. The molecule has 0 saturated carbocycles. The van der Waals surface area contributed by atoms with Crippen molar-refractivity contribution in [2.45, 2.75) is 6.17 Å². The van der Waals surface area contributed by atoms with E-state index in [0.717, 1.165) is 6.41 Å². The number of aromatic hydroxyl groups is 1. The van der Waals surface area contributed by atoms with Gasteiger partial charge < -0.3 is 20.6 Å². The fourth-order valence-electron chi connectivity index (χ4n) is 2.45. The molecule has 0 radical (unpaired) electrons. The van der Waals surface area contributed by atoms with Crippen LogP contribution in [0.2, 0.25) is 0 Å². The highest BCUT2D eigenvalue weighted by Gasteiger charge is 2.33. The largest absolute Gasteiger partial charge is 0.505 e. The summed E-state index contributed by atoms with van der Waals surface area (Å²) in [6, 6.07) is 4.72. The zero-order valence-corrected chi connectivity index (χ0v) is 12.2. The number of phenols is 1. The Morgan fingerprint density at radius 1 is 1.43 bits per heavy atom. The minimum Gasteiger partial charge on any atom is -0.505 e. The van der Waals surface area contributed by atoms with Crippen molar-refractivity contribution in [3.8, 4) is 5.75 Å². The van der Waals surface area contributed by atoms with E-state index in [1.54, 1.807) is 28.0 Å². The predicted octanol–water partition coefficient (Wildman–Crippen LogP) is -0.224. The number of hydrogen-bond donors (Lipinski definition) is 2. The average molecular weight is 292 g/mol. The third-order valence-electron chi connectivity index (χ3n) is 3.69. The number of rotatable bonds is 3. The first-order chi connectivity index (χ1) is 9.95. The summed E-state index contributed by atoms with van der Waals surface area (Å²) >= 11 is 0. The Kier molecular flexibility index (Phi) is 4.32. The molecule has 21 heavy (non-hydrogen) atoms. The summed E-state index contributed by atoms with van der Waals surface area (Å²) in [5.41, 5.74) is 6.00. The molecule has 0 aliphatic carbocycles. The van der Waals surface area contributed by atoms with Crippen LogP contribution in [0.3, 0.4) is 0 Å². The van der Waals surface area contributed by atoms with Crippen LogP contribution >= 0.6 is 0 Å². The molecule has 1 unspecified atom stereocenters. The SMILES string of the molecule is CN(C)C1CN(C=O)CCN1C(=O)c1cccc(N)c1O. The van der Waals surface area contributed by atoms with Crippen LogP contribution in [-0.4, -0.2) is 72.0 Å². The van der Waals surface area contributed by atoms with Crippen molar-refractivity contribution in [1.82, 2.24) is 14.7 Å². The van der Waals surface area contributed by atoms with E-state index in [9.17, 15) is 14.7 Å². The van der Waals surface area contributed by atoms with Crippen LogP contribution in [0.4, 0.5) is 5.69 Å². The molecule has 7 heteroatoms. The Bertz CT molecular complexity index is 547. The number of likely N-dealkylation sites (N-methyl/N-ethyl adjacent to an activating group) is 1. The van der Waals surface area contributed by atoms with Crippen LogP contribution in [-0.2, 0) is 4.79 Å². The zero-order valence-electron chi connectivity index (χ0n) is 12.2. The topological polar surface area (TPSA) is 90.1 Å². The van der Waals surface area contributed by atoms with E-state index in [0.29, 0.717) is 19.6 Å². The summed E-state index contributed by atoms with van der Waals surface area (Å²) < 4.78 is 0. The molecule has 1 fully saturated rings.